The van der Waals surface area contributed by atoms with Gasteiger partial charge in [0.1, 0.15) is 0 Å². The van der Waals surface area contributed by atoms with Crippen LogP contribution in [0.15, 0.2) is 24.3 Å². The third-order valence-electron chi connectivity index (χ3n) is 1.74. The second-order valence-electron chi connectivity index (χ2n) is 2.78. The maximum absolute atomic E-state index is 5.76. The lowest BCUT2D eigenvalue weighted by Crippen LogP contribution is -2.40. The number of thiocarbonyl (C=S) groups is 1. The van der Waals surface area contributed by atoms with E-state index in [-0.39, 0.29) is 0 Å². The molecule has 0 heterocycles. The summed E-state index contributed by atoms with van der Waals surface area (Å²) < 4.78 is 0. The van der Waals surface area contributed by atoms with Crippen LogP contribution < -0.4 is 16.6 Å². The number of hydrazine groups is 1. The smallest absolute Gasteiger partial charge is 0.180 e. The van der Waals surface area contributed by atoms with E-state index in [0.717, 1.165) is 18.0 Å². The number of halogens is 1. The zero-order valence-corrected chi connectivity index (χ0v) is 9.16. The average molecular weight is 230 g/mol. The third kappa shape index (κ3) is 3.91. The van der Waals surface area contributed by atoms with Crippen molar-refractivity contribution in [2.45, 2.75) is 6.42 Å². The Hall–Kier alpha value is -0.840. The summed E-state index contributed by atoms with van der Waals surface area (Å²) in [6.45, 7) is 0.755. The lowest BCUT2D eigenvalue weighted by atomic mass is 10.1. The minimum absolute atomic E-state index is 0.457. The molecule has 0 aliphatic carbocycles. The van der Waals surface area contributed by atoms with Crippen LogP contribution in [-0.4, -0.2) is 11.7 Å². The molecule has 1 aromatic carbocycles. The maximum Gasteiger partial charge on any atom is 0.180 e. The molecule has 0 amide bonds. The fourth-order valence-electron chi connectivity index (χ4n) is 1.02. The summed E-state index contributed by atoms with van der Waals surface area (Å²) in [5, 5.41) is 4.17. The molecule has 0 bridgehead atoms. The van der Waals surface area contributed by atoms with Crippen molar-refractivity contribution in [3.05, 3.63) is 34.9 Å². The van der Waals surface area contributed by atoms with Gasteiger partial charge < -0.3 is 10.7 Å². The van der Waals surface area contributed by atoms with E-state index in [4.69, 9.17) is 29.7 Å². The van der Waals surface area contributed by atoms with Gasteiger partial charge in [0.2, 0.25) is 0 Å². The van der Waals surface area contributed by atoms with Gasteiger partial charge in [-0.25, -0.2) is 5.84 Å². The highest BCUT2D eigenvalue weighted by atomic mass is 35.5. The molecule has 1 aromatic rings. The number of nitrogens with two attached hydrogens (primary N) is 1. The van der Waals surface area contributed by atoms with Crippen molar-refractivity contribution in [2.24, 2.45) is 5.84 Å². The molecule has 76 valence electrons. The van der Waals surface area contributed by atoms with Gasteiger partial charge in [0.15, 0.2) is 5.11 Å². The quantitative estimate of drug-likeness (QED) is 0.415. The lowest BCUT2D eigenvalue weighted by Gasteiger charge is -2.06. The Balaban J connectivity index is 2.31. The highest BCUT2D eigenvalue weighted by molar-refractivity contribution is 7.80. The molecule has 4 N–H and O–H groups in total. The van der Waals surface area contributed by atoms with Crippen molar-refractivity contribution in [2.75, 3.05) is 6.54 Å². The molecule has 0 fully saturated rings. The Morgan fingerprint density at radius 3 is 2.57 bits per heavy atom. The monoisotopic (exact) mass is 229 g/mol. The van der Waals surface area contributed by atoms with Crippen LogP contribution in [0.3, 0.4) is 0 Å². The van der Waals surface area contributed by atoms with E-state index in [1.165, 1.54) is 5.56 Å². The number of rotatable bonds is 3. The highest BCUT2D eigenvalue weighted by Crippen LogP contribution is 2.09. The molecule has 0 radical (unpaired) electrons. The molecule has 5 heteroatoms. The Labute approximate surface area is 93.6 Å². The first kappa shape index (κ1) is 11.2. The van der Waals surface area contributed by atoms with E-state index in [9.17, 15) is 0 Å². The van der Waals surface area contributed by atoms with Crippen molar-refractivity contribution in [1.82, 2.24) is 10.7 Å². The molecule has 0 atom stereocenters. The molecule has 0 aliphatic heterocycles. The summed E-state index contributed by atoms with van der Waals surface area (Å²) in [4.78, 5) is 0. The van der Waals surface area contributed by atoms with E-state index >= 15 is 0 Å². The van der Waals surface area contributed by atoms with Crippen LogP contribution in [-0.2, 0) is 6.42 Å². The van der Waals surface area contributed by atoms with Gasteiger partial charge in [-0.05, 0) is 36.3 Å². The molecule has 3 nitrogen and oxygen atoms in total. The highest BCUT2D eigenvalue weighted by Gasteiger charge is 1.94. The molecular weight excluding hydrogens is 218 g/mol. The van der Waals surface area contributed by atoms with Crippen LogP contribution in [0, 0.1) is 0 Å². The van der Waals surface area contributed by atoms with Gasteiger partial charge in [-0.3, -0.25) is 0 Å². The van der Waals surface area contributed by atoms with E-state index < -0.39 is 0 Å². The Kier molecular flexibility index (Phi) is 4.65. The Bertz CT molecular complexity index is 299. The van der Waals surface area contributed by atoms with E-state index in [0.29, 0.717) is 5.11 Å². The maximum atomic E-state index is 5.76. The fourth-order valence-corrected chi connectivity index (χ4v) is 1.25. The van der Waals surface area contributed by atoms with Gasteiger partial charge in [-0.1, -0.05) is 23.7 Å². The molecule has 1 rings (SSSR count). The number of hydrogen-bond donors (Lipinski definition) is 3. The van der Waals surface area contributed by atoms with Crippen molar-refractivity contribution < 1.29 is 0 Å². The molecule has 0 spiro atoms. The SMILES string of the molecule is NNC(=S)NCCc1ccc(Cl)cc1. The minimum Gasteiger partial charge on any atom is -0.361 e. The van der Waals surface area contributed by atoms with Crippen molar-refractivity contribution >= 4 is 28.9 Å². The van der Waals surface area contributed by atoms with Crippen molar-refractivity contribution in [3.8, 4) is 0 Å². The first-order valence-corrected chi connectivity index (χ1v) is 5.00. The predicted octanol–water partition coefficient (Wildman–Crippen LogP) is 1.22. The molecule has 14 heavy (non-hydrogen) atoms. The van der Waals surface area contributed by atoms with Gasteiger partial charge in [0.25, 0.3) is 0 Å². The standard InChI is InChI=1S/C9H12ClN3S/c10-8-3-1-7(2-4-8)5-6-12-9(14)13-11/h1-4H,5-6,11H2,(H2,12,13,14). The van der Waals surface area contributed by atoms with Crippen molar-refractivity contribution in [1.29, 1.82) is 0 Å². The molecule has 0 saturated heterocycles. The first-order valence-electron chi connectivity index (χ1n) is 4.21. The van der Waals surface area contributed by atoms with Gasteiger partial charge in [0.05, 0.1) is 0 Å². The normalized spacial score (nSPS) is 9.57. The third-order valence-corrected chi connectivity index (χ3v) is 2.26. The summed E-state index contributed by atoms with van der Waals surface area (Å²) in [5.41, 5.74) is 3.57. The number of nitrogens with one attached hydrogen (secondary N) is 2. The van der Waals surface area contributed by atoms with E-state index in [2.05, 4.69) is 10.7 Å². The zero-order valence-electron chi connectivity index (χ0n) is 7.59. The summed E-state index contributed by atoms with van der Waals surface area (Å²) in [7, 11) is 0. The molecular formula is C9H12ClN3S. The van der Waals surface area contributed by atoms with Crippen LogP contribution >= 0.6 is 23.8 Å². The van der Waals surface area contributed by atoms with Gasteiger partial charge >= 0.3 is 0 Å². The summed E-state index contributed by atoms with van der Waals surface area (Å²) in [6.07, 6.45) is 0.888. The fraction of sp³-hybridized carbons (Fsp3) is 0.222. The predicted molar refractivity (Wildman–Crippen MR) is 63.1 cm³/mol. The summed E-state index contributed by atoms with van der Waals surface area (Å²) in [6, 6.07) is 7.72. The first-order chi connectivity index (χ1) is 6.72. The van der Waals surface area contributed by atoms with Gasteiger partial charge in [-0.2, -0.15) is 0 Å². The largest absolute Gasteiger partial charge is 0.361 e. The van der Waals surface area contributed by atoms with Crippen molar-refractivity contribution in [3.63, 3.8) is 0 Å². The van der Waals surface area contributed by atoms with Crippen LogP contribution in [0.2, 0.25) is 5.02 Å². The number of benzene rings is 1. The van der Waals surface area contributed by atoms with Gasteiger partial charge in [0, 0.05) is 11.6 Å². The van der Waals surface area contributed by atoms with E-state index in [1.807, 2.05) is 24.3 Å². The summed E-state index contributed by atoms with van der Waals surface area (Å²) >= 11 is 10.6. The van der Waals surface area contributed by atoms with Crippen LogP contribution in [0.1, 0.15) is 5.56 Å². The lowest BCUT2D eigenvalue weighted by molar-refractivity contribution is 0.836. The topological polar surface area (TPSA) is 50.1 Å². The molecule has 0 saturated carbocycles. The van der Waals surface area contributed by atoms with E-state index in [1.54, 1.807) is 0 Å². The zero-order chi connectivity index (χ0) is 10.4. The molecule has 0 unspecified atom stereocenters. The molecule has 0 aliphatic rings. The Morgan fingerprint density at radius 2 is 2.00 bits per heavy atom. The number of hydrogen-bond acceptors (Lipinski definition) is 2. The average Bonchev–Trinajstić information content (AvgIpc) is 2.21. The van der Waals surface area contributed by atoms with Gasteiger partial charge in [-0.15, -0.1) is 0 Å². The summed E-state index contributed by atoms with van der Waals surface area (Å²) in [5.74, 6) is 5.10. The molecule has 0 aromatic heterocycles. The minimum atomic E-state index is 0.457. The second kappa shape index (κ2) is 5.80. The Morgan fingerprint density at radius 1 is 1.36 bits per heavy atom. The van der Waals surface area contributed by atoms with Crippen LogP contribution in [0.4, 0.5) is 0 Å². The second-order valence-corrected chi connectivity index (χ2v) is 3.62. The van der Waals surface area contributed by atoms with Crippen LogP contribution in [0.25, 0.3) is 0 Å². The van der Waals surface area contributed by atoms with Crippen LogP contribution in [0.5, 0.6) is 0 Å².